The predicted octanol–water partition coefficient (Wildman–Crippen LogP) is 6.85. The number of pyridine rings is 1. The summed E-state index contributed by atoms with van der Waals surface area (Å²) in [6.07, 6.45) is 2.87. The Bertz CT molecular complexity index is 1350. The molecule has 35 heavy (non-hydrogen) atoms. The minimum absolute atomic E-state index is 0.0193. The van der Waals surface area contributed by atoms with Crippen LogP contribution < -0.4 is 10.2 Å². The number of aryl methyl sites for hydroxylation is 4. The Balaban J connectivity index is 1.69. The third kappa shape index (κ3) is 4.04. The van der Waals surface area contributed by atoms with E-state index in [4.69, 9.17) is 17.2 Å². The van der Waals surface area contributed by atoms with Crippen molar-refractivity contribution in [3.8, 4) is 5.69 Å². The molecule has 5 rings (SSSR count). The predicted molar refractivity (Wildman–Crippen MR) is 148 cm³/mol. The van der Waals surface area contributed by atoms with Crippen molar-refractivity contribution >= 4 is 23.0 Å². The van der Waals surface area contributed by atoms with Gasteiger partial charge in [-0.2, -0.15) is 0 Å². The lowest BCUT2D eigenvalue weighted by atomic mass is 9.96. The number of hydrogen-bond acceptors (Lipinski definition) is 2. The molecule has 4 nitrogen and oxygen atoms in total. The van der Waals surface area contributed by atoms with Crippen molar-refractivity contribution in [2.45, 2.75) is 53.1 Å². The van der Waals surface area contributed by atoms with Crippen molar-refractivity contribution in [3.63, 3.8) is 0 Å². The van der Waals surface area contributed by atoms with Gasteiger partial charge in [0, 0.05) is 23.3 Å². The first kappa shape index (κ1) is 23.3. The second-order valence-corrected chi connectivity index (χ2v) is 9.81. The summed E-state index contributed by atoms with van der Waals surface area (Å²) >= 11 is 5.94. The largest absolute Gasteiger partial charge is 0.351 e. The second-order valence-electron chi connectivity index (χ2n) is 9.42. The highest BCUT2D eigenvalue weighted by Crippen LogP contribution is 2.44. The van der Waals surface area contributed by atoms with Gasteiger partial charge in [0.25, 0.3) is 0 Å². The molecule has 1 aliphatic rings. The SMILES string of the molecule is CCc1ccc(N2C(=S)NC(c3ccccn3)C2c2cc(C)n(-c3c(C)cccc3C)c2C)cc1. The van der Waals surface area contributed by atoms with E-state index in [0.717, 1.165) is 22.9 Å². The van der Waals surface area contributed by atoms with E-state index in [1.165, 1.54) is 39.3 Å². The number of benzene rings is 2. The molecule has 0 bridgehead atoms. The lowest BCUT2D eigenvalue weighted by Crippen LogP contribution is -2.29. The zero-order valence-electron chi connectivity index (χ0n) is 21.0. The first-order chi connectivity index (χ1) is 16.9. The molecule has 4 aromatic rings. The number of thiocarbonyl (C=S) groups is 1. The molecule has 3 heterocycles. The quantitative estimate of drug-likeness (QED) is 0.317. The second kappa shape index (κ2) is 9.31. The molecule has 1 aliphatic heterocycles. The molecular formula is C30H32N4S. The fourth-order valence-electron chi connectivity index (χ4n) is 5.43. The average molecular weight is 481 g/mol. The molecule has 1 N–H and O–H groups in total. The minimum atomic E-state index is -0.0542. The van der Waals surface area contributed by atoms with E-state index in [1.807, 2.05) is 18.3 Å². The third-order valence-electron chi connectivity index (χ3n) is 7.17. The average Bonchev–Trinajstić information content (AvgIpc) is 3.35. The number of nitrogens with one attached hydrogen (secondary N) is 1. The van der Waals surface area contributed by atoms with Crippen LogP contribution in [0.25, 0.3) is 5.69 Å². The molecule has 0 aliphatic carbocycles. The van der Waals surface area contributed by atoms with Crippen LogP contribution in [-0.2, 0) is 6.42 Å². The van der Waals surface area contributed by atoms with Gasteiger partial charge in [0.15, 0.2) is 5.11 Å². The van der Waals surface area contributed by atoms with Crippen LogP contribution in [0.5, 0.6) is 0 Å². The van der Waals surface area contributed by atoms with Gasteiger partial charge in [-0.05, 0) is 98.9 Å². The Morgan fingerprint density at radius 1 is 0.914 bits per heavy atom. The van der Waals surface area contributed by atoms with Crippen LogP contribution in [0.1, 0.15) is 58.3 Å². The van der Waals surface area contributed by atoms with Crippen molar-refractivity contribution in [1.29, 1.82) is 0 Å². The first-order valence-corrected chi connectivity index (χ1v) is 12.7. The summed E-state index contributed by atoms with van der Waals surface area (Å²) in [5.74, 6) is 0. The summed E-state index contributed by atoms with van der Waals surface area (Å²) in [6.45, 7) is 11.0. The number of anilines is 1. The van der Waals surface area contributed by atoms with Crippen LogP contribution in [0, 0.1) is 27.7 Å². The highest BCUT2D eigenvalue weighted by atomic mass is 32.1. The van der Waals surface area contributed by atoms with Gasteiger partial charge in [-0.1, -0.05) is 43.3 Å². The Morgan fingerprint density at radius 3 is 2.26 bits per heavy atom. The summed E-state index contributed by atoms with van der Waals surface area (Å²) in [5.41, 5.74) is 10.9. The van der Waals surface area contributed by atoms with E-state index >= 15 is 0 Å². The molecule has 0 radical (unpaired) electrons. The van der Waals surface area contributed by atoms with Crippen molar-refractivity contribution in [2.24, 2.45) is 0 Å². The number of aromatic nitrogens is 2. The Kier molecular flexibility index (Phi) is 6.20. The van der Waals surface area contributed by atoms with Crippen molar-refractivity contribution in [2.75, 3.05) is 4.90 Å². The maximum absolute atomic E-state index is 5.94. The molecule has 178 valence electrons. The summed E-state index contributed by atoms with van der Waals surface area (Å²) < 4.78 is 2.40. The van der Waals surface area contributed by atoms with Crippen LogP contribution >= 0.6 is 12.2 Å². The van der Waals surface area contributed by atoms with Crippen LogP contribution in [0.15, 0.2) is 72.9 Å². The Morgan fingerprint density at radius 2 is 1.63 bits per heavy atom. The van der Waals surface area contributed by atoms with E-state index < -0.39 is 0 Å². The van der Waals surface area contributed by atoms with Gasteiger partial charge in [-0.15, -0.1) is 0 Å². The molecule has 2 aromatic heterocycles. The number of rotatable bonds is 5. The molecule has 0 saturated carbocycles. The topological polar surface area (TPSA) is 33.1 Å². The van der Waals surface area contributed by atoms with E-state index in [9.17, 15) is 0 Å². The minimum Gasteiger partial charge on any atom is -0.351 e. The van der Waals surface area contributed by atoms with Gasteiger partial charge in [-0.25, -0.2) is 0 Å². The lowest BCUT2D eigenvalue weighted by molar-refractivity contribution is 0.565. The van der Waals surface area contributed by atoms with Crippen molar-refractivity contribution < 1.29 is 0 Å². The molecule has 5 heteroatoms. The van der Waals surface area contributed by atoms with Crippen LogP contribution in [-0.4, -0.2) is 14.7 Å². The van der Waals surface area contributed by atoms with Gasteiger partial charge in [-0.3, -0.25) is 4.98 Å². The van der Waals surface area contributed by atoms with Crippen molar-refractivity contribution in [1.82, 2.24) is 14.9 Å². The first-order valence-electron chi connectivity index (χ1n) is 12.3. The van der Waals surface area contributed by atoms with E-state index in [1.54, 1.807) is 0 Å². The van der Waals surface area contributed by atoms with E-state index in [2.05, 4.69) is 104 Å². The summed E-state index contributed by atoms with van der Waals surface area (Å²) in [6, 6.07) is 23.6. The van der Waals surface area contributed by atoms with Gasteiger partial charge >= 0.3 is 0 Å². The fourth-order valence-corrected chi connectivity index (χ4v) is 5.78. The molecule has 2 aromatic carbocycles. The lowest BCUT2D eigenvalue weighted by Gasteiger charge is -2.28. The maximum atomic E-state index is 5.94. The smallest absolute Gasteiger partial charge is 0.174 e. The Labute approximate surface area is 213 Å². The molecule has 1 fully saturated rings. The van der Waals surface area contributed by atoms with Crippen molar-refractivity contribution in [3.05, 3.63) is 112 Å². The highest BCUT2D eigenvalue weighted by Gasteiger charge is 2.42. The zero-order valence-corrected chi connectivity index (χ0v) is 21.9. The number of para-hydroxylation sites is 1. The van der Waals surface area contributed by atoms with Gasteiger partial charge in [0.1, 0.15) is 0 Å². The van der Waals surface area contributed by atoms with Crippen LogP contribution in [0.3, 0.4) is 0 Å². The fraction of sp³-hybridized carbons (Fsp3) is 0.267. The molecule has 1 saturated heterocycles. The number of nitrogens with zero attached hydrogens (tertiary/aromatic N) is 3. The molecule has 2 atom stereocenters. The summed E-state index contributed by atoms with van der Waals surface area (Å²) in [4.78, 5) is 6.98. The Hall–Kier alpha value is -3.44. The van der Waals surface area contributed by atoms with E-state index in [0.29, 0.717) is 0 Å². The van der Waals surface area contributed by atoms with Gasteiger partial charge in [0.05, 0.1) is 23.5 Å². The third-order valence-corrected chi connectivity index (χ3v) is 7.49. The molecule has 0 spiro atoms. The number of hydrogen-bond donors (Lipinski definition) is 1. The maximum Gasteiger partial charge on any atom is 0.174 e. The van der Waals surface area contributed by atoms with E-state index in [-0.39, 0.29) is 12.1 Å². The molecule has 0 amide bonds. The molecule has 2 unspecified atom stereocenters. The van der Waals surface area contributed by atoms with Gasteiger partial charge < -0.3 is 14.8 Å². The summed E-state index contributed by atoms with van der Waals surface area (Å²) in [7, 11) is 0. The highest BCUT2D eigenvalue weighted by molar-refractivity contribution is 7.80. The van der Waals surface area contributed by atoms with Crippen LogP contribution in [0.4, 0.5) is 5.69 Å². The van der Waals surface area contributed by atoms with Gasteiger partial charge in [0.2, 0.25) is 0 Å². The normalized spacial score (nSPS) is 17.6. The monoisotopic (exact) mass is 480 g/mol. The zero-order chi connectivity index (χ0) is 24.7. The standard InChI is InChI=1S/C30H32N4S/c1-6-23-13-15-24(16-14-23)34-29(27(32-30(34)35)26-12-7-8-17-31-26)25-18-21(4)33(22(25)5)28-19(2)10-9-11-20(28)3/h7-18,27,29H,6H2,1-5H3,(H,32,35). The van der Waals surface area contributed by atoms with Crippen LogP contribution in [0.2, 0.25) is 0 Å². The molecular weight excluding hydrogens is 448 g/mol. The summed E-state index contributed by atoms with van der Waals surface area (Å²) in [5, 5.41) is 4.33.